The second-order valence-corrected chi connectivity index (χ2v) is 6.59. The molecule has 0 aromatic rings. The van der Waals surface area contributed by atoms with Crippen LogP contribution in [0.4, 0.5) is 0 Å². The van der Waals surface area contributed by atoms with Crippen molar-refractivity contribution >= 4 is 12.4 Å². The molecule has 0 aliphatic carbocycles. The number of rotatable bonds is 10. The first-order chi connectivity index (χ1) is 9.21. The van der Waals surface area contributed by atoms with E-state index in [4.69, 9.17) is 9.68 Å². The summed E-state index contributed by atoms with van der Waals surface area (Å²) in [6.45, 7) is 3.05. The van der Waals surface area contributed by atoms with Gasteiger partial charge in [0.1, 0.15) is 13.1 Å². The van der Waals surface area contributed by atoms with Crippen molar-refractivity contribution in [2.24, 2.45) is 10.3 Å². The van der Waals surface area contributed by atoms with E-state index in [1.54, 1.807) is 24.6 Å². The number of halogens is 2. The fourth-order valence-electron chi connectivity index (χ4n) is 0.991. The summed E-state index contributed by atoms with van der Waals surface area (Å²) in [4.78, 5) is 10.2. The van der Waals surface area contributed by atoms with Gasteiger partial charge in [0.15, 0.2) is 13.2 Å². The van der Waals surface area contributed by atoms with Crippen LogP contribution in [-0.4, -0.2) is 90.0 Å². The summed E-state index contributed by atoms with van der Waals surface area (Å²) in [6.07, 6.45) is 6.68. The van der Waals surface area contributed by atoms with Crippen LogP contribution >= 0.6 is 0 Å². The number of hydrogen-bond donors (Lipinski definition) is 0. The molecule has 0 spiro atoms. The molecule has 0 aromatic carbocycles. The summed E-state index contributed by atoms with van der Waals surface area (Å²) in [6, 6.07) is 0. The molecule has 0 radical (unpaired) electrons. The number of hydrogen-bond acceptors (Lipinski definition) is 4. The first kappa shape index (κ1) is 26.9. The Labute approximate surface area is 169 Å². The number of allylic oxidation sites excluding steroid dienone is 2. The molecule has 0 rings (SSSR count). The van der Waals surface area contributed by atoms with Crippen LogP contribution in [0, 0.1) is 0 Å². The van der Waals surface area contributed by atoms with Gasteiger partial charge in [-0.25, -0.2) is 0 Å². The summed E-state index contributed by atoms with van der Waals surface area (Å²) < 4.78 is 1.73. The molecule has 8 heteroatoms. The lowest BCUT2D eigenvalue weighted by molar-refractivity contribution is -0.870. The highest BCUT2D eigenvalue weighted by molar-refractivity contribution is 5.80. The van der Waals surface area contributed by atoms with Crippen LogP contribution < -0.4 is 48.0 Å². The second kappa shape index (κ2) is 14.6. The van der Waals surface area contributed by atoms with E-state index in [1.807, 2.05) is 0 Å². The fourth-order valence-corrected chi connectivity index (χ4v) is 0.991. The highest BCUT2D eigenvalue weighted by atomic mass is 127. The molecule has 0 atom stereocenters. The van der Waals surface area contributed by atoms with E-state index in [2.05, 4.69) is 52.6 Å². The Morgan fingerprint density at radius 3 is 1.27 bits per heavy atom. The molecule has 0 saturated heterocycles. The van der Waals surface area contributed by atoms with Gasteiger partial charge in [-0.1, -0.05) is 10.3 Å². The summed E-state index contributed by atoms with van der Waals surface area (Å²) in [7, 11) is 12.7. The monoisotopic (exact) mass is 540 g/mol. The Kier molecular flexibility index (Phi) is 17.9. The van der Waals surface area contributed by atoms with Crippen LogP contribution in [0.15, 0.2) is 22.5 Å². The minimum Gasteiger partial charge on any atom is -1.00 e. The molecule has 0 amide bonds. The van der Waals surface area contributed by atoms with Crippen LogP contribution in [0.25, 0.3) is 0 Å². The Balaban J connectivity index is -0.00000180. The molecule has 0 bridgehead atoms. The third-order valence-electron chi connectivity index (χ3n) is 2.26. The highest BCUT2D eigenvalue weighted by Crippen LogP contribution is 1.90. The van der Waals surface area contributed by atoms with Gasteiger partial charge in [-0.05, 0) is 12.2 Å². The maximum Gasteiger partial charge on any atom is 0.165 e. The smallest absolute Gasteiger partial charge is 0.165 e. The average molecular weight is 540 g/mol. The van der Waals surface area contributed by atoms with Gasteiger partial charge in [-0.15, -0.1) is 0 Å². The molecule has 0 saturated carbocycles. The molecule has 0 fully saturated rings. The number of oxime groups is 2. The Hall–Kier alpha value is 0.0600. The average Bonchev–Trinajstić information content (AvgIpc) is 2.27. The Bertz CT molecular complexity index is 303. The number of nitrogens with zero attached hydrogens (tertiary/aromatic N) is 4. The third kappa shape index (κ3) is 25.0. The zero-order valence-electron chi connectivity index (χ0n) is 14.5. The molecule has 22 heavy (non-hydrogen) atoms. The topological polar surface area (TPSA) is 43.2 Å². The zero-order valence-corrected chi connectivity index (χ0v) is 18.8. The van der Waals surface area contributed by atoms with Gasteiger partial charge in [0, 0.05) is 0 Å². The zero-order chi connectivity index (χ0) is 15.5. The van der Waals surface area contributed by atoms with Crippen molar-refractivity contribution in [3.05, 3.63) is 12.2 Å². The van der Waals surface area contributed by atoms with Crippen molar-refractivity contribution in [2.75, 3.05) is 68.6 Å². The van der Waals surface area contributed by atoms with Crippen molar-refractivity contribution in [1.29, 1.82) is 0 Å². The van der Waals surface area contributed by atoms with Gasteiger partial charge in [0.2, 0.25) is 0 Å². The largest absolute Gasteiger partial charge is 1.00 e. The van der Waals surface area contributed by atoms with Crippen molar-refractivity contribution in [3.63, 3.8) is 0 Å². The Morgan fingerprint density at radius 1 is 0.682 bits per heavy atom. The first-order valence-electron chi connectivity index (χ1n) is 6.77. The lowest BCUT2D eigenvalue weighted by atomic mass is 10.5. The van der Waals surface area contributed by atoms with E-state index in [1.165, 1.54) is 0 Å². The maximum absolute atomic E-state index is 5.12. The SMILES string of the molecule is C[N+](C)(C)CCO/N=C/C=C/C=N/OCC[N+](C)(C)C.[I-].[I-]. The van der Waals surface area contributed by atoms with E-state index in [0.29, 0.717) is 13.2 Å². The molecule has 132 valence electrons. The molecule has 0 heterocycles. The van der Waals surface area contributed by atoms with E-state index in [0.717, 1.165) is 22.1 Å². The summed E-state index contributed by atoms with van der Waals surface area (Å²) in [5.41, 5.74) is 0. The van der Waals surface area contributed by atoms with Crippen LogP contribution in [-0.2, 0) is 9.68 Å². The quantitative estimate of drug-likeness (QED) is 0.0917. The molecule has 6 nitrogen and oxygen atoms in total. The van der Waals surface area contributed by atoms with Gasteiger partial charge < -0.3 is 66.6 Å². The number of likely N-dealkylation sites (N-methyl/N-ethyl adjacent to an activating group) is 2. The molecular formula is C14H30I2N4O2. The van der Waals surface area contributed by atoms with Crippen molar-refractivity contribution in [2.45, 2.75) is 0 Å². The van der Waals surface area contributed by atoms with Gasteiger partial charge in [0.25, 0.3) is 0 Å². The summed E-state index contributed by atoms with van der Waals surface area (Å²) in [5, 5.41) is 7.63. The van der Waals surface area contributed by atoms with E-state index < -0.39 is 0 Å². The van der Waals surface area contributed by atoms with Crippen LogP contribution in [0.3, 0.4) is 0 Å². The predicted octanol–water partition coefficient (Wildman–Crippen LogP) is -5.03. The van der Waals surface area contributed by atoms with Crippen LogP contribution in [0.5, 0.6) is 0 Å². The fraction of sp³-hybridized carbons (Fsp3) is 0.714. The molecular weight excluding hydrogens is 510 g/mol. The van der Waals surface area contributed by atoms with E-state index in [-0.39, 0.29) is 48.0 Å². The Morgan fingerprint density at radius 2 is 1.00 bits per heavy atom. The third-order valence-corrected chi connectivity index (χ3v) is 2.26. The van der Waals surface area contributed by atoms with Crippen LogP contribution in [0.2, 0.25) is 0 Å². The summed E-state index contributed by atoms with van der Waals surface area (Å²) in [5.74, 6) is 0. The lowest BCUT2D eigenvalue weighted by Crippen LogP contribution is -3.00. The first-order valence-corrected chi connectivity index (χ1v) is 6.77. The van der Waals surface area contributed by atoms with Crippen molar-refractivity contribution in [3.8, 4) is 0 Å². The standard InChI is InChI=1S/C14H30N4O2.2HI/c1-17(2,3)11-13-19-15-9-7-8-10-16-20-14-12-18(4,5)6;;/h7-10H,11-14H2,1-6H3;2*1H/q+2;;/p-2/b8-7+,15-9+,16-10+;;. The normalized spacial score (nSPS) is 12.5. The van der Waals surface area contributed by atoms with Gasteiger partial charge in [-0.2, -0.15) is 0 Å². The van der Waals surface area contributed by atoms with Crippen molar-refractivity contribution < 1.29 is 66.6 Å². The lowest BCUT2D eigenvalue weighted by Gasteiger charge is -2.22. The van der Waals surface area contributed by atoms with Gasteiger partial charge in [0.05, 0.1) is 54.7 Å². The molecule has 0 aromatic heterocycles. The number of quaternary nitrogens is 2. The minimum absolute atomic E-state index is 0. The maximum atomic E-state index is 5.12. The van der Waals surface area contributed by atoms with E-state index in [9.17, 15) is 0 Å². The van der Waals surface area contributed by atoms with E-state index >= 15 is 0 Å². The minimum atomic E-state index is 0. The predicted molar refractivity (Wildman–Crippen MR) is 83.8 cm³/mol. The molecule has 0 aliphatic heterocycles. The summed E-state index contributed by atoms with van der Waals surface area (Å²) >= 11 is 0. The highest BCUT2D eigenvalue weighted by Gasteiger charge is 2.05. The molecule has 0 N–H and O–H groups in total. The van der Waals surface area contributed by atoms with Gasteiger partial charge in [-0.3, -0.25) is 0 Å². The second-order valence-electron chi connectivity index (χ2n) is 6.59. The molecule has 0 aliphatic rings. The molecule has 0 unspecified atom stereocenters. The van der Waals surface area contributed by atoms with Crippen molar-refractivity contribution in [1.82, 2.24) is 0 Å². The van der Waals surface area contributed by atoms with Crippen LogP contribution in [0.1, 0.15) is 0 Å². The van der Waals surface area contributed by atoms with Gasteiger partial charge >= 0.3 is 0 Å².